The van der Waals surface area contributed by atoms with Crippen LogP contribution in [0.1, 0.15) is 9.88 Å². The van der Waals surface area contributed by atoms with E-state index in [9.17, 15) is 8.78 Å². The highest BCUT2D eigenvalue weighted by molar-refractivity contribution is 9.10. The van der Waals surface area contributed by atoms with Crippen molar-refractivity contribution in [1.82, 2.24) is 10.3 Å². The molecular formula is C9H10BrF2N3S. The van der Waals surface area contributed by atoms with Crippen molar-refractivity contribution in [3.8, 4) is 0 Å². The lowest BCUT2D eigenvalue weighted by Gasteiger charge is -2.01. The number of nitrogens with zero attached hydrogens (tertiary/aromatic N) is 1. The second-order valence-electron chi connectivity index (χ2n) is 2.95. The monoisotopic (exact) mass is 309 g/mol. The van der Waals surface area contributed by atoms with Gasteiger partial charge in [-0.25, -0.2) is 4.98 Å². The third-order valence-corrected chi connectivity index (χ3v) is 3.59. The smallest absolute Gasteiger partial charge is 0.312 e. The molecular weight excluding hydrogens is 300 g/mol. The van der Waals surface area contributed by atoms with Gasteiger partial charge in [0, 0.05) is 23.7 Å². The van der Waals surface area contributed by atoms with Gasteiger partial charge in [0.15, 0.2) is 0 Å². The van der Waals surface area contributed by atoms with E-state index in [4.69, 9.17) is 5.41 Å². The molecule has 0 fully saturated rings. The molecule has 2 N–H and O–H groups in total. The topological polar surface area (TPSA) is 48.8 Å². The number of nitrogens with one attached hydrogen (secondary N) is 2. The highest BCUT2D eigenvalue weighted by Crippen LogP contribution is 2.25. The molecule has 88 valence electrons. The van der Waals surface area contributed by atoms with Crippen LogP contribution < -0.4 is 5.32 Å². The fraction of sp³-hybridized carbons (Fsp3) is 0.333. The van der Waals surface area contributed by atoms with Crippen LogP contribution in [0.15, 0.2) is 16.4 Å². The van der Waals surface area contributed by atoms with E-state index in [1.54, 1.807) is 0 Å². The van der Waals surface area contributed by atoms with Gasteiger partial charge >= 0.3 is 6.55 Å². The second kappa shape index (κ2) is 6.05. The summed E-state index contributed by atoms with van der Waals surface area (Å²) in [5, 5.41) is 9.88. The third-order valence-electron chi connectivity index (χ3n) is 1.70. The second-order valence-corrected chi connectivity index (χ2v) is 4.99. The molecule has 1 aromatic heterocycles. The Morgan fingerprint density at radius 3 is 2.81 bits per heavy atom. The molecule has 16 heavy (non-hydrogen) atoms. The summed E-state index contributed by atoms with van der Waals surface area (Å²) < 4.78 is 24.5. The van der Waals surface area contributed by atoms with Crippen LogP contribution in [0.2, 0.25) is 0 Å². The molecule has 0 bridgehead atoms. The number of hydrogen-bond acceptors (Lipinski definition) is 4. The summed E-state index contributed by atoms with van der Waals surface area (Å²) >= 11 is 4.76. The SMILES string of the molecule is Cc1nc(Br)c(C/C(C=N)=C/NC(F)F)s1. The number of aromatic nitrogens is 1. The number of hydrogen-bond donors (Lipinski definition) is 2. The van der Waals surface area contributed by atoms with E-state index in [2.05, 4.69) is 20.9 Å². The van der Waals surface area contributed by atoms with Crippen LogP contribution in [0.5, 0.6) is 0 Å². The van der Waals surface area contributed by atoms with Crippen LogP contribution >= 0.6 is 27.3 Å². The van der Waals surface area contributed by atoms with Crippen molar-refractivity contribution in [1.29, 1.82) is 5.41 Å². The Morgan fingerprint density at radius 2 is 2.38 bits per heavy atom. The van der Waals surface area contributed by atoms with Gasteiger partial charge in [-0.15, -0.1) is 11.3 Å². The molecule has 0 amide bonds. The quantitative estimate of drug-likeness (QED) is 0.648. The van der Waals surface area contributed by atoms with Crippen LogP contribution in [0.3, 0.4) is 0 Å². The van der Waals surface area contributed by atoms with Crippen LogP contribution in [0.4, 0.5) is 8.78 Å². The Kier molecular flexibility index (Phi) is 5.01. The highest BCUT2D eigenvalue weighted by atomic mass is 79.9. The molecule has 1 rings (SSSR count). The van der Waals surface area contributed by atoms with E-state index in [1.165, 1.54) is 11.3 Å². The molecule has 0 aliphatic carbocycles. The summed E-state index contributed by atoms with van der Waals surface area (Å²) in [6.07, 6.45) is 2.62. The average Bonchev–Trinajstić information content (AvgIpc) is 2.51. The highest BCUT2D eigenvalue weighted by Gasteiger charge is 2.08. The van der Waals surface area contributed by atoms with Gasteiger partial charge in [-0.1, -0.05) is 0 Å². The van der Waals surface area contributed by atoms with Gasteiger partial charge in [-0.05, 0) is 28.4 Å². The first-order valence-electron chi connectivity index (χ1n) is 4.38. The summed E-state index contributed by atoms with van der Waals surface area (Å²) in [4.78, 5) is 5.08. The number of alkyl halides is 2. The van der Waals surface area contributed by atoms with E-state index >= 15 is 0 Å². The van der Waals surface area contributed by atoms with Crippen LogP contribution in [0.25, 0.3) is 0 Å². The molecule has 0 atom stereocenters. The minimum Gasteiger partial charge on any atom is -0.336 e. The first-order valence-corrected chi connectivity index (χ1v) is 5.99. The van der Waals surface area contributed by atoms with Crippen molar-refractivity contribution in [3.05, 3.63) is 26.3 Å². The molecule has 1 heterocycles. The van der Waals surface area contributed by atoms with E-state index in [-0.39, 0.29) is 0 Å². The van der Waals surface area contributed by atoms with Crippen molar-refractivity contribution >= 4 is 33.5 Å². The zero-order valence-corrected chi connectivity index (χ0v) is 10.8. The Balaban J connectivity index is 2.73. The fourth-order valence-corrected chi connectivity index (χ4v) is 2.68. The number of aryl methyl sites for hydroxylation is 1. The first kappa shape index (κ1) is 13.2. The maximum absolute atomic E-state index is 11.9. The summed E-state index contributed by atoms with van der Waals surface area (Å²) in [5.74, 6) is 0. The molecule has 0 unspecified atom stereocenters. The molecule has 0 spiro atoms. The van der Waals surface area contributed by atoms with Crippen molar-refractivity contribution in [2.45, 2.75) is 19.9 Å². The lowest BCUT2D eigenvalue weighted by atomic mass is 10.2. The minimum atomic E-state index is -2.61. The Hall–Kier alpha value is -0.820. The summed E-state index contributed by atoms with van der Waals surface area (Å²) in [5.41, 5.74) is 0.477. The number of allylic oxidation sites excluding steroid dienone is 1. The summed E-state index contributed by atoms with van der Waals surface area (Å²) in [6.45, 7) is -0.744. The normalized spacial score (nSPS) is 11.9. The van der Waals surface area contributed by atoms with Gasteiger partial charge in [0.25, 0.3) is 0 Å². The number of halogens is 3. The average molecular weight is 310 g/mol. The van der Waals surface area contributed by atoms with Gasteiger partial charge in [0.1, 0.15) is 4.60 Å². The van der Waals surface area contributed by atoms with E-state index in [0.717, 1.165) is 22.3 Å². The molecule has 0 saturated heterocycles. The predicted molar refractivity (Wildman–Crippen MR) is 64.3 cm³/mol. The Bertz CT molecular complexity index is 403. The molecule has 0 aromatic carbocycles. The van der Waals surface area contributed by atoms with E-state index in [0.29, 0.717) is 16.6 Å². The van der Waals surface area contributed by atoms with E-state index < -0.39 is 6.55 Å². The first-order chi connectivity index (χ1) is 7.52. The van der Waals surface area contributed by atoms with Crippen molar-refractivity contribution in [3.63, 3.8) is 0 Å². The van der Waals surface area contributed by atoms with Crippen LogP contribution in [-0.2, 0) is 6.42 Å². The van der Waals surface area contributed by atoms with Crippen molar-refractivity contribution < 1.29 is 8.78 Å². The number of thiazole rings is 1. The maximum Gasteiger partial charge on any atom is 0.312 e. The summed E-state index contributed by atoms with van der Waals surface area (Å²) in [6, 6.07) is 0. The molecule has 0 saturated carbocycles. The van der Waals surface area contributed by atoms with Gasteiger partial charge < -0.3 is 10.7 Å². The Labute approximate surface area is 104 Å². The van der Waals surface area contributed by atoms with Gasteiger partial charge in [0.05, 0.1) is 5.01 Å². The molecule has 0 radical (unpaired) electrons. The zero-order valence-electron chi connectivity index (χ0n) is 8.43. The largest absolute Gasteiger partial charge is 0.336 e. The minimum absolute atomic E-state index is 0.412. The van der Waals surface area contributed by atoms with Crippen LogP contribution in [0, 0.1) is 12.3 Å². The van der Waals surface area contributed by atoms with Gasteiger partial charge in [-0.3, -0.25) is 0 Å². The van der Waals surface area contributed by atoms with Crippen molar-refractivity contribution in [2.75, 3.05) is 0 Å². The standard InChI is InChI=1S/C9H10BrF2N3S/c1-5-15-8(10)7(16-5)2-6(3-13)4-14-9(11)12/h3-4,9,13-14H,2H2,1H3/b6-4-,13-3?. The van der Waals surface area contributed by atoms with Crippen molar-refractivity contribution in [2.24, 2.45) is 0 Å². The van der Waals surface area contributed by atoms with Gasteiger partial charge in [0.2, 0.25) is 0 Å². The lowest BCUT2D eigenvalue weighted by molar-refractivity contribution is 0.125. The predicted octanol–water partition coefficient (Wildman–Crippen LogP) is 3.10. The summed E-state index contributed by atoms with van der Waals surface area (Å²) in [7, 11) is 0. The Morgan fingerprint density at radius 1 is 1.69 bits per heavy atom. The van der Waals surface area contributed by atoms with Crippen LogP contribution in [-0.4, -0.2) is 17.7 Å². The molecule has 1 aromatic rings. The zero-order chi connectivity index (χ0) is 12.1. The molecule has 7 heteroatoms. The van der Waals surface area contributed by atoms with E-state index in [1.807, 2.05) is 12.2 Å². The maximum atomic E-state index is 11.9. The number of rotatable bonds is 5. The van der Waals surface area contributed by atoms with Gasteiger partial charge in [-0.2, -0.15) is 8.78 Å². The lowest BCUT2D eigenvalue weighted by Crippen LogP contribution is -2.14. The third kappa shape index (κ3) is 3.97. The molecule has 3 nitrogen and oxygen atoms in total. The molecule has 0 aliphatic heterocycles. The molecule has 0 aliphatic rings. The fourth-order valence-electron chi connectivity index (χ4n) is 1.05.